The van der Waals surface area contributed by atoms with Crippen LogP contribution in [0, 0.1) is 0 Å². The number of nitrogens with one attached hydrogen (secondary N) is 13. The third-order valence-corrected chi connectivity index (χ3v) is 25.1. The van der Waals surface area contributed by atoms with Crippen LogP contribution >= 0.6 is 21.6 Å². The highest BCUT2D eigenvalue weighted by Crippen LogP contribution is 2.28. The number of nitrogens with zero attached hydrogens (tertiary/aromatic N) is 6. The van der Waals surface area contributed by atoms with E-state index in [-0.39, 0.29) is 227 Å². The summed E-state index contributed by atoms with van der Waals surface area (Å²) in [7, 11) is 1.47. The first-order valence-corrected chi connectivity index (χ1v) is 49.2. The minimum absolute atomic E-state index is 0.0161. The summed E-state index contributed by atoms with van der Waals surface area (Å²) in [6.45, 7) is -0.337. The second-order valence-corrected chi connectivity index (χ2v) is 36.5. The maximum absolute atomic E-state index is 16.0. The number of carbonyl (C=O) groups excluding carboxylic acids is 14. The highest BCUT2D eigenvalue weighted by Gasteiger charge is 2.43. The SMILES string of the molecule is NCCCC[C@@H]1NC(=O)[C@@H](CCCCN)NC(=O)[C@H](CCCN=C(N)N)NC(=O)[C@@H](Cc2ccc(O)cc2)NC(=O)[C@H](NC(=O)[C@@H](NC(=O)[C@H](CCCN=C(N)N)NC(=O)[C@@H](N)CCCN=C(N)N)c2ccc3ccccc3c2)CSSC[C@H](C(=O)N[C@@H](CCCN=C(N)N)C(=O)O)NC(=O)[C@H](CCCNC(N)=O)NC(=O)[C@H](CCCN=C(N)N)NC(=O)[C@H](Cc2ccc(O)cc2)NC(=O)[C@H]2CCCN2C1=O. The van der Waals surface area contributed by atoms with Gasteiger partial charge in [-0.15, -0.1) is 0 Å². The Morgan fingerprint density at radius 1 is 0.430 bits per heavy atom. The lowest BCUT2D eigenvalue weighted by atomic mass is 10.00. The minimum atomic E-state index is -1.92. The number of guanidine groups is 5. The number of aromatic hydroxyl groups is 2. The summed E-state index contributed by atoms with van der Waals surface area (Å²) in [6.07, 6.45) is -1.09. The van der Waals surface area contributed by atoms with Crippen molar-refractivity contribution in [2.75, 3.05) is 70.4 Å². The van der Waals surface area contributed by atoms with Crippen molar-refractivity contribution in [1.82, 2.24) is 74.0 Å². The molecule has 0 aromatic heterocycles. The number of hydrogen-bond donors (Lipinski definition) is 30. The van der Waals surface area contributed by atoms with Crippen molar-refractivity contribution in [3.8, 4) is 11.5 Å². The summed E-state index contributed by atoms with van der Waals surface area (Å²) >= 11 is 0. The number of carboxylic acid groups (broad SMARTS) is 1. The highest BCUT2D eigenvalue weighted by atomic mass is 33.1. The number of primary amides is 1. The molecule has 51 nitrogen and oxygen atoms in total. The summed E-state index contributed by atoms with van der Waals surface area (Å²) in [6, 6.07) is -1.26. The van der Waals surface area contributed by atoms with Gasteiger partial charge in [-0.25, -0.2) is 9.59 Å². The number of rotatable bonds is 46. The van der Waals surface area contributed by atoms with Crippen LogP contribution in [0.1, 0.15) is 151 Å². The van der Waals surface area contributed by atoms with E-state index in [1.54, 1.807) is 36.4 Å². The predicted molar refractivity (Wildman–Crippen MR) is 537 cm³/mol. The molecule has 2 aliphatic heterocycles. The van der Waals surface area contributed by atoms with Crippen LogP contribution < -0.4 is 149 Å². The van der Waals surface area contributed by atoms with Crippen molar-refractivity contribution in [3.05, 3.63) is 108 Å². The van der Waals surface area contributed by atoms with Gasteiger partial charge in [-0.05, 0) is 199 Å². The molecule has 780 valence electrons. The fraction of sp³-hybridized carbons (Fsp3) is 0.528. The second kappa shape index (κ2) is 61.9. The number of carboxylic acids is 1. The van der Waals surface area contributed by atoms with Crippen LogP contribution in [0.4, 0.5) is 4.79 Å². The predicted octanol–water partition coefficient (Wildman–Crippen LogP) is -7.00. The lowest BCUT2D eigenvalue weighted by Crippen LogP contribution is -2.61. The number of unbranched alkanes of at least 4 members (excludes halogenated alkanes) is 2. The number of hydrogen-bond acceptors (Lipinski definition) is 27. The zero-order valence-corrected chi connectivity index (χ0v) is 80.8. The van der Waals surface area contributed by atoms with E-state index >= 15 is 57.5 Å². The Kier molecular flexibility index (Phi) is 50.6. The molecule has 4 aromatic rings. The van der Waals surface area contributed by atoms with Gasteiger partial charge in [0.15, 0.2) is 29.8 Å². The number of aliphatic carboxylic acids is 1. The van der Waals surface area contributed by atoms with Gasteiger partial charge in [-0.2, -0.15) is 0 Å². The monoisotopic (exact) mass is 2020 g/mol. The zero-order valence-electron chi connectivity index (χ0n) is 79.1. The lowest BCUT2D eigenvalue weighted by Gasteiger charge is -2.31. The molecule has 53 heteroatoms. The molecule has 2 aliphatic rings. The molecular formula is C89H139N33O18S2. The molecule has 0 bridgehead atoms. The molecule has 6 rings (SSSR count). The van der Waals surface area contributed by atoms with Crippen molar-refractivity contribution in [2.24, 2.45) is 105 Å². The van der Waals surface area contributed by atoms with Crippen LogP contribution in [0.3, 0.4) is 0 Å². The lowest BCUT2D eigenvalue weighted by molar-refractivity contribution is -0.142. The molecule has 14 atom stereocenters. The standard InChI is InChI=1S/C89H139N33O18S2/c90-35-5-3-17-57-73(128)115-62(18-4-6-36-91)82(137)122-43-13-24-68(122)80(135)118-65(45-50-27-33-55(124)34-28-50)77(132)114-59(20-9-39-106-86(97)98)72(127)112-60(22-11-42-109-89(103)140)74(129)119-66(78(133)116-63(83(138)139)23-12-41-108-88(101)102)47-141-142-48-67(79(134)117-64(44-49-25-31-54(123)32-26-49)76(131)113-58(71(126)111-57)19-8-38-105-85(95)96)120-81(136)69(53-30-29-51-14-1-2-15-52(51)46-53)121-75(130)61(21-10-40-107-87(99)100)110-70(125)56(92)16-7-37-104-84(93)94/h1-2,14-15,25-34,46,56-69,123-124H,3-13,16-24,35-45,47-48,90-92H2,(H,110,125)(H,111,126)(H,112,127)(H,113,131)(H,114,132)(H,115,128)(H,116,133)(H,117,134)(H,118,135)(H,119,129)(H,120,136)(H,121,130)(H,138,139)(H4,93,94,104)(H4,95,96,105)(H4,97,98,106)(H4,99,100,107)(H4,101,102,108)(H3,103,109,140)/t56-,57+,58-,59-,60-,61-,62-,63-,64+,65-,66+,67+,68+,69-/m0/s1. The molecule has 0 unspecified atom stereocenters. The van der Waals surface area contributed by atoms with Gasteiger partial charge in [0.2, 0.25) is 76.8 Å². The fourth-order valence-electron chi connectivity index (χ4n) is 15.2. The number of fused-ring (bicyclic) bond motifs is 2. The molecule has 0 aliphatic carbocycles. The first-order valence-electron chi connectivity index (χ1n) is 46.7. The summed E-state index contributed by atoms with van der Waals surface area (Å²) in [4.78, 5) is 246. The Hall–Kier alpha value is -14.5. The van der Waals surface area contributed by atoms with Crippen molar-refractivity contribution in [3.63, 3.8) is 0 Å². The minimum Gasteiger partial charge on any atom is -0.508 e. The van der Waals surface area contributed by atoms with Crippen LogP contribution in [-0.4, -0.2) is 288 Å². The third kappa shape index (κ3) is 42.3. The normalized spacial score (nSPS) is 20.3. The molecule has 2 heterocycles. The first-order chi connectivity index (χ1) is 67.7. The van der Waals surface area contributed by atoms with Crippen molar-refractivity contribution < 1.29 is 87.2 Å². The average molecular weight is 2020 g/mol. The van der Waals surface area contributed by atoms with E-state index in [2.05, 4.69) is 94.1 Å². The van der Waals surface area contributed by atoms with Gasteiger partial charge < -0.3 is 170 Å². The van der Waals surface area contributed by atoms with E-state index in [0.29, 0.717) is 29.2 Å². The van der Waals surface area contributed by atoms with Crippen LogP contribution in [-0.2, 0) is 80.0 Å². The van der Waals surface area contributed by atoms with Crippen LogP contribution in [0.5, 0.6) is 11.5 Å². The largest absolute Gasteiger partial charge is 0.508 e. The van der Waals surface area contributed by atoms with Gasteiger partial charge in [-0.3, -0.25) is 87.3 Å². The molecule has 2 saturated heterocycles. The van der Waals surface area contributed by atoms with Crippen LogP contribution in [0.25, 0.3) is 10.8 Å². The topological polar surface area (TPSA) is 902 Å². The first kappa shape index (κ1) is 116. The Labute approximate surface area is 828 Å². The highest BCUT2D eigenvalue weighted by molar-refractivity contribution is 8.76. The van der Waals surface area contributed by atoms with Gasteiger partial charge in [0, 0.05) is 70.2 Å². The summed E-state index contributed by atoms with van der Waals surface area (Å²) in [5.41, 5.74) is 81.0. The molecule has 4 aromatic carbocycles. The van der Waals surface area contributed by atoms with Gasteiger partial charge in [0.1, 0.15) is 90.0 Å². The van der Waals surface area contributed by atoms with E-state index in [1.165, 1.54) is 59.5 Å². The van der Waals surface area contributed by atoms with Crippen LogP contribution in [0.2, 0.25) is 0 Å². The number of nitrogens with two attached hydrogens (primary N) is 14. The molecule has 0 spiro atoms. The average Bonchev–Trinajstić information content (AvgIpc) is 1.32. The quantitative estimate of drug-likeness (QED) is 0.00846. The molecule has 0 saturated carbocycles. The maximum Gasteiger partial charge on any atom is 0.326 e. The second-order valence-electron chi connectivity index (χ2n) is 33.9. The number of phenolic OH excluding ortho intramolecular Hbond substituents is 2. The van der Waals surface area contributed by atoms with E-state index in [1.807, 2.05) is 0 Å². The number of aliphatic imine (C=N–C) groups is 5. The maximum atomic E-state index is 16.0. The molecule has 2 fully saturated rings. The van der Waals surface area contributed by atoms with E-state index in [9.17, 15) is 29.7 Å². The fourth-order valence-corrected chi connectivity index (χ4v) is 17.5. The van der Waals surface area contributed by atoms with Crippen molar-refractivity contribution in [2.45, 2.75) is 226 Å². The van der Waals surface area contributed by atoms with E-state index < -0.39 is 198 Å². The van der Waals surface area contributed by atoms with Crippen molar-refractivity contribution >= 4 is 151 Å². The Balaban J connectivity index is 1.62. The molecule has 0 radical (unpaired) electrons. The molecule has 15 amide bonds. The van der Waals surface area contributed by atoms with E-state index in [4.69, 9.17) is 80.3 Å². The van der Waals surface area contributed by atoms with Gasteiger partial charge in [0.05, 0.1) is 6.04 Å². The molecule has 142 heavy (non-hydrogen) atoms. The Bertz CT molecular complexity index is 5020. The summed E-state index contributed by atoms with van der Waals surface area (Å²) < 4.78 is 0. The smallest absolute Gasteiger partial charge is 0.326 e. The molecular weight excluding hydrogens is 1880 g/mol. The number of urea groups is 1. The van der Waals surface area contributed by atoms with Gasteiger partial charge in [0.25, 0.3) is 0 Å². The van der Waals surface area contributed by atoms with E-state index in [0.717, 1.165) is 21.6 Å². The van der Waals surface area contributed by atoms with Gasteiger partial charge >= 0.3 is 12.0 Å². The summed E-state index contributed by atoms with van der Waals surface area (Å²) in [5, 5.41) is 67.5. The number of benzene rings is 4. The number of phenols is 2. The van der Waals surface area contributed by atoms with Crippen LogP contribution in [0.15, 0.2) is 116 Å². The zero-order chi connectivity index (χ0) is 104. The molecule has 44 N–H and O–H groups in total. The number of carbonyl (C=O) groups is 15. The van der Waals surface area contributed by atoms with Gasteiger partial charge in [-0.1, -0.05) is 82.3 Å². The number of amides is 15. The Morgan fingerprint density at radius 2 is 0.852 bits per heavy atom. The third-order valence-electron chi connectivity index (χ3n) is 22.7. The Morgan fingerprint density at radius 3 is 1.34 bits per heavy atom. The summed E-state index contributed by atoms with van der Waals surface area (Å²) in [5.74, 6) is -17.8. The van der Waals surface area contributed by atoms with Crippen molar-refractivity contribution in [1.29, 1.82) is 0 Å².